The third-order valence-corrected chi connectivity index (χ3v) is 3.31. The monoisotopic (exact) mass is 315 g/mol. The lowest BCUT2D eigenvalue weighted by Gasteiger charge is -2.21. The van der Waals surface area contributed by atoms with Crippen molar-refractivity contribution in [2.75, 3.05) is 18.4 Å². The van der Waals surface area contributed by atoms with Gasteiger partial charge in [0.25, 0.3) is 5.91 Å². The Hall–Kier alpha value is -2.63. The van der Waals surface area contributed by atoms with Crippen LogP contribution in [0.25, 0.3) is 0 Å². The Morgan fingerprint density at radius 1 is 1.22 bits per heavy atom. The third kappa shape index (κ3) is 4.67. The first kappa shape index (κ1) is 16.7. The van der Waals surface area contributed by atoms with Crippen LogP contribution in [0.15, 0.2) is 34.9 Å². The maximum absolute atomic E-state index is 12.5. The molecule has 1 aromatic heterocycles. The summed E-state index contributed by atoms with van der Waals surface area (Å²) in [6, 6.07) is 8.95. The van der Waals surface area contributed by atoms with Gasteiger partial charge in [-0.05, 0) is 32.4 Å². The van der Waals surface area contributed by atoms with E-state index in [4.69, 9.17) is 4.52 Å². The predicted octanol–water partition coefficient (Wildman–Crippen LogP) is 2.78. The van der Waals surface area contributed by atoms with Gasteiger partial charge in [-0.1, -0.05) is 29.8 Å². The number of anilines is 1. The molecule has 2 aromatic rings. The molecule has 1 N–H and O–H groups in total. The average Bonchev–Trinajstić information content (AvgIpc) is 2.92. The van der Waals surface area contributed by atoms with Crippen molar-refractivity contribution in [3.8, 4) is 0 Å². The lowest BCUT2D eigenvalue weighted by molar-refractivity contribution is -0.116. The van der Waals surface area contributed by atoms with Crippen molar-refractivity contribution < 1.29 is 14.1 Å². The highest BCUT2D eigenvalue weighted by Gasteiger charge is 2.18. The summed E-state index contributed by atoms with van der Waals surface area (Å²) >= 11 is 0. The first-order valence-corrected chi connectivity index (χ1v) is 7.58. The summed E-state index contributed by atoms with van der Waals surface area (Å²) in [7, 11) is 0. The number of nitrogens with one attached hydrogen (secondary N) is 1. The molecule has 0 atom stereocenters. The second-order valence-corrected chi connectivity index (χ2v) is 5.46. The molecule has 0 fully saturated rings. The van der Waals surface area contributed by atoms with Crippen molar-refractivity contribution in [2.45, 2.75) is 27.2 Å². The van der Waals surface area contributed by atoms with Gasteiger partial charge in [0, 0.05) is 18.2 Å². The molecule has 0 radical (unpaired) electrons. The minimum absolute atomic E-state index is 0.0214. The second kappa shape index (κ2) is 7.58. The van der Waals surface area contributed by atoms with Gasteiger partial charge in [-0.25, -0.2) is 0 Å². The van der Waals surface area contributed by atoms with Gasteiger partial charge in [0.15, 0.2) is 5.82 Å². The number of hydrogen-bond donors (Lipinski definition) is 1. The van der Waals surface area contributed by atoms with Crippen LogP contribution in [0, 0.1) is 13.8 Å². The van der Waals surface area contributed by atoms with Crippen LogP contribution < -0.4 is 5.32 Å². The summed E-state index contributed by atoms with van der Waals surface area (Å²) < 4.78 is 4.90. The fourth-order valence-corrected chi connectivity index (χ4v) is 2.18. The van der Waals surface area contributed by atoms with Crippen LogP contribution in [0.3, 0.4) is 0 Å². The Balaban J connectivity index is 2.03. The maximum Gasteiger partial charge on any atom is 0.254 e. The van der Waals surface area contributed by atoms with Gasteiger partial charge in [0.1, 0.15) is 12.3 Å². The highest BCUT2D eigenvalue weighted by Crippen LogP contribution is 2.10. The molecule has 0 spiro atoms. The Morgan fingerprint density at radius 3 is 2.48 bits per heavy atom. The summed E-state index contributed by atoms with van der Waals surface area (Å²) in [5.74, 6) is 0.513. The minimum Gasteiger partial charge on any atom is -0.360 e. The molecule has 0 saturated carbocycles. The molecule has 0 saturated heterocycles. The average molecular weight is 315 g/mol. The molecule has 1 heterocycles. The maximum atomic E-state index is 12.5. The van der Waals surface area contributed by atoms with Crippen LogP contribution in [-0.4, -0.2) is 35.0 Å². The zero-order valence-corrected chi connectivity index (χ0v) is 13.6. The van der Waals surface area contributed by atoms with Crippen molar-refractivity contribution in [3.05, 3.63) is 47.2 Å². The van der Waals surface area contributed by atoms with Gasteiger partial charge in [0.05, 0.1) is 0 Å². The van der Waals surface area contributed by atoms with Crippen LogP contribution in [0.4, 0.5) is 5.82 Å². The topological polar surface area (TPSA) is 75.4 Å². The lowest BCUT2D eigenvalue weighted by Crippen LogP contribution is -2.38. The molecule has 6 nitrogen and oxygen atoms in total. The molecule has 0 aliphatic heterocycles. The molecule has 2 amide bonds. The van der Waals surface area contributed by atoms with Crippen molar-refractivity contribution in [1.29, 1.82) is 0 Å². The van der Waals surface area contributed by atoms with Crippen molar-refractivity contribution in [2.24, 2.45) is 0 Å². The fourth-order valence-electron chi connectivity index (χ4n) is 2.18. The number of amides is 2. The predicted molar refractivity (Wildman–Crippen MR) is 87.2 cm³/mol. The summed E-state index contributed by atoms with van der Waals surface area (Å²) in [6.07, 6.45) is 0.772. The Kier molecular flexibility index (Phi) is 5.51. The Bertz CT molecular complexity index is 677. The summed E-state index contributed by atoms with van der Waals surface area (Å²) in [4.78, 5) is 26.2. The van der Waals surface area contributed by atoms with E-state index in [1.54, 1.807) is 25.1 Å². The van der Waals surface area contributed by atoms with Gasteiger partial charge < -0.3 is 14.7 Å². The van der Waals surface area contributed by atoms with Gasteiger partial charge in [-0.15, -0.1) is 0 Å². The summed E-state index contributed by atoms with van der Waals surface area (Å²) in [6.45, 7) is 6.16. The zero-order chi connectivity index (χ0) is 16.8. The van der Waals surface area contributed by atoms with Crippen molar-refractivity contribution in [1.82, 2.24) is 10.1 Å². The molecule has 0 bridgehead atoms. The van der Waals surface area contributed by atoms with Gasteiger partial charge in [-0.3, -0.25) is 9.59 Å². The third-order valence-electron chi connectivity index (χ3n) is 3.31. The number of benzene rings is 1. The van der Waals surface area contributed by atoms with Crippen molar-refractivity contribution >= 4 is 17.6 Å². The molecule has 0 unspecified atom stereocenters. The van der Waals surface area contributed by atoms with E-state index in [0.29, 0.717) is 23.7 Å². The van der Waals surface area contributed by atoms with Crippen LogP contribution in [0.2, 0.25) is 0 Å². The van der Waals surface area contributed by atoms with Gasteiger partial charge in [0.2, 0.25) is 5.91 Å². The quantitative estimate of drug-likeness (QED) is 0.889. The fraction of sp³-hybridized carbons (Fsp3) is 0.353. The highest BCUT2D eigenvalue weighted by atomic mass is 16.5. The van der Waals surface area contributed by atoms with Crippen LogP contribution in [0.1, 0.15) is 35.0 Å². The molecule has 1 aromatic carbocycles. The van der Waals surface area contributed by atoms with Gasteiger partial charge in [-0.2, -0.15) is 0 Å². The number of rotatable bonds is 6. The first-order valence-electron chi connectivity index (χ1n) is 7.58. The van der Waals surface area contributed by atoms with Crippen LogP contribution in [0.5, 0.6) is 0 Å². The first-order chi connectivity index (χ1) is 11.0. The second-order valence-electron chi connectivity index (χ2n) is 5.46. The summed E-state index contributed by atoms with van der Waals surface area (Å²) in [5, 5.41) is 6.34. The van der Waals surface area contributed by atoms with E-state index in [0.717, 1.165) is 12.0 Å². The standard InChI is InChI=1S/C17H21N3O3/c1-4-9-20(17(22)14-7-5-12(2)6-8-14)11-16(21)18-15-10-13(3)23-19-15/h5-8,10H,4,9,11H2,1-3H3,(H,18,19,21). The summed E-state index contributed by atoms with van der Waals surface area (Å²) in [5.41, 5.74) is 1.66. The molecule has 0 aliphatic carbocycles. The van der Waals surface area contributed by atoms with E-state index in [9.17, 15) is 9.59 Å². The molecule has 23 heavy (non-hydrogen) atoms. The Morgan fingerprint density at radius 2 is 1.91 bits per heavy atom. The normalized spacial score (nSPS) is 10.4. The van der Waals surface area contributed by atoms with Crippen LogP contribution in [-0.2, 0) is 4.79 Å². The van der Waals surface area contributed by atoms with E-state index in [2.05, 4.69) is 10.5 Å². The van der Waals surface area contributed by atoms with E-state index in [1.165, 1.54) is 4.90 Å². The molecular weight excluding hydrogens is 294 g/mol. The van der Waals surface area contributed by atoms with E-state index >= 15 is 0 Å². The Labute approximate surface area is 135 Å². The van der Waals surface area contributed by atoms with E-state index in [1.807, 2.05) is 26.0 Å². The number of aryl methyl sites for hydroxylation is 2. The molecular formula is C17H21N3O3. The number of hydrogen-bond acceptors (Lipinski definition) is 4. The number of carbonyl (C=O) groups excluding carboxylic acids is 2. The smallest absolute Gasteiger partial charge is 0.254 e. The highest BCUT2D eigenvalue weighted by molar-refractivity contribution is 5.99. The molecule has 6 heteroatoms. The lowest BCUT2D eigenvalue weighted by atomic mass is 10.1. The zero-order valence-electron chi connectivity index (χ0n) is 13.6. The van der Waals surface area contributed by atoms with Gasteiger partial charge >= 0.3 is 0 Å². The molecule has 2 rings (SSSR count). The number of nitrogens with zero attached hydrogens (tertiary/aromatic N) is 2. The number of carbonyl (C=O) groups is 2. The SMILES string of the molecule is CCCN(CC(=O)Nc1cc(C)on1)C(=O)c1ccc(C)cc1. The van der Waals surface area contributed by atoms with Crippen LogP contribution >= 0.6 is 0 Å². The minimum atomic E-state index is -0.299. The van der Waals surface area contributed by atoms with E-state index in [-0.39, 0.29) is 18.4 Å². The molecule has 122 valence electrons. The largest absolute Gasteiger partial charge is 0.360 e. The van der Waals surface area contributed by atoms with Crippen molar-refractivity contribution in [3.63, 3.8) is 0 Å². The molecule has 0 aliphatic rings. The number of aromatic nitrogens is 1. The van der Waals surface area contributed by atoms with E-state index < -0.39 is 0 Å².